The van der Waals surface area contributed by atoms with E-state index in [1.165, 1.54) is 4.40 Å². The van der Waals surface area contributed by atoms with Gasteiger partial charge in [0.15, 0.2) is 5.69 Å². The molecule has 0 aliphatic heterocycles. The van der Waals surface area contributed by atoms with E-state index in [0.29, 0.717) is 12.1 Å². The molecule has 2 rings (SSSR count). The van der Waals surface area contributed by atoms with Crippen molar-refractivity contribution >= 4 is 21.3 Å². The van der Waals surface area contributed by atoms with Crippen molar-refractivity contribution in [2.24, 2.45) is 0 Å². The van der Waals surface area contributed by atoms with Crippen LogP contribution in [0.15, 0.2) is 29.6 Å². The maximum absolute atomic E-state index is 12.3. The van der Waals surface area contributed by atoms with E-state index in [-0.39, 0.29) is 22.8 Å². The van der Waals surface area contributed by atoms with Crippen LogP contribution in [-0.2, 0) is 9.84 Å². The fraction of sp³-hybridized carbons (Fsp3) is 0.429. The summed E-state index contributed by atoms with van der Waals surface area (Å²) in [6.45, 7) is 5.19. The summed E-state index contributed by atoms with van der Waals surface area (Å²) in [6.07, 6.45) is 2.65. The van der Waals surface area contributed by atoms with Crippen molar-refractivity contribution in [2.75, 3.05) is 19.3 Å². The van der Waals surface area contributed by atoms with E-state index < -0.39 is 9.84 Å². The molecule has 0 bridgehead atoms. The van der Waals surface area contributed by atoms with Gasteiger partial charge < -0.3 is 10.6 Å². The fourth-order valence-corrected chi connectivity index (χ4v) is 2.96. The number of likely N-dealkylation sites (N-methyl/N-ethyl adjacent to an activating group) is 1. The number of amides is 1. The molecule has 22 heavy (non-hydrogen) atoms. The summed E-state index contributed by atoms with van der Waals surface area (Å²) in [7, 11) is -3.52. The van der Waals surface area contributed by atoms with Gasteiger partial charge in [0, 0.05) is 25.0 Å². The number of nitrogens with zero attached hydrogens (tertiary/aromatic N) is 2. The fourth-order valence-electron chi connectivity index (χ4n) is 2.19. The van der Waals surface area contributed by atoms with Crippen molar-refractivity contribution in [2.45, 2.75) is 25.0 Å². The number of rotatable bonds is 6. The monoisotopic (exact) mass is 324 g/mol. The molecule has 0 aliphatic rings. The number of sulfone groups is 1. The first-order valence-electron chi connectivity index (χ1n) is 7.03. The lowest BCUT2D eigenvalue weighted by Gasteiger charge is -2.12. The van der Waals surface area contributed by atoms with Crippen molar-refractivity contribution in [1.82, 2.24) is 20.0 Å². The van der Waals surface area contributed by atoms with Gasteiger partial charge in [-0.15, -0.1) is 0 Å². The summed E-state index contributed by atoms with van der Waals surface area (Å²) >= 11 is 0. The van der Waals surface area contributed by atoms with Crippen LogP contribution in [-0.4, -0.2) is 49.1 Å². The Morgan fingerprint density at radius 2 is 2.14 bits per heavy atom. The van der Waals surface area contributed by atoms with E-state index in [0.717, 1.165) is 12.8 Å². The third-order valence-electron chi connectivity index (χ3n) is 3.18. The van der Waals surface area contributed by atoms with E-state index in [9.17, 15) is 13.2 Å². The molecule has 0 unspecified atom stereocenters. The van der Waals surface area contributed by atoms with Crippen molar-refractivity contribution in [3.8, 4) is 0 Å². The van der Waals surface area contributed by atoms with Crippen LogP contribution in [0.2, 0.25) is 0 Å². The van der Waals surface area contributed by atoms with Gasteiger partial charge in [-0.3, -0.25) is 9.20 Å². The average molecular weight is 324 g/mol. The van der Waals surface area contributed by atoms with E-state index in [1.54, 1.807) is 24.4 Å². The number of hydrogen-bond acceptors (Lipinski definition) is 5. The van der Waals surface area contributed by atoms with Gasteiger partial charge in [0.25, 0.3) is 5.91 Å². The van der Waals surface area contributed by atoms with Gasteiger partial charge in [-0.2, -0.15) is 0 Å². The zero-order chi connectivity index (χ0) is 16.3. The number of carbonyl (C=O) groups excluding carboxylic acids is 1. The second-order valence-corrected chi connectivity index (χ2v) is 7.05. The number of pyridine rings is 1. The molecule has 1 atom stereocenters. The topological polar surface area (TPSA) is 92.6 Å². The molecular weight excluding hydrogens is 304 g/mol. The Hall–Kier alpha value is -1.93. The Bertz CT molecular complexity index is 782. The van der Waals surface area contributed by atoms with Gasteiger partial charge >= 0.3 is 0 Å². The molecule has 0 saturated heterocycles. The predicted octanol–water partition coefficient (Wildman–Crippen LogP) is 0.466. The summed E-state index contributed by atoms with van der Waals surface area (Å²) in [6, 6.07) is 5.22. The van der Waals surface area contributed by atoms with Gasteiger partial charge in [-0.25, -0.2) is 13.4 Å². The maximum atomic E-state index is 12.3. The molecular formula is C14H20N4O3S. The van der Waals surface area contributed by atoms with Crippen LogP contribution in [0.4, 0.5) is 0 Å². The minimum absolute atomic E-state index is 0.115. The second-order valence-electron chi connectivity index (χ2n) is 5.14. The summed E-state index contributed by atoms with van der Waals surface area (Å²) < 4.78 is 25.0. The smallest absolute Gasteiger partial charge is 0.272 e. The van der Waals surface area contributed by atoms with Crippen LogP contribution in [0.25, 0.3) is 5.52 Å². The molecule has 2 heterocycles. The number of carbonyl (C=O) groups is 1. The van der Waals surface area contributed by atoms with Crippen molar-refractivity contribution in [3.05, 3.63) is 30.1 Å². The molecule has 7 nitrogen and oxygen atoms in total. The predicted molar refractivity (Wildman–Crippen MR) is 83.8 cm³/mol. The summed E-state index contributed by atoms with van der Waals surface area (Å²) in [5, 5.41) is 5.82. The lowest BCUT2D eigenvalue weighted by Crippen LogP contribution is -2.39. The first-order valence-corrected chi connectivity index (χ1v) is 8.92. The first-order chi connectivity index (χ1) is 10.3. The Morgan fingerprint density at radius 3 is 2.77 bits per heavy atom. The minimum atomic E-state index is -3.52. The van der Waals surface area contributed by atoms with E-state index in [4.69, 9.17) is 0 Å². The van der Waals surface area contributed by atoms with Crippen molar-refractivity contribution in [3.63, 3.8) is 0 Å². The molecule has 2 N–H and O–H groups in total. The lowest BCUT2D eigenvalue weighted by atomic mass is 10.3. The molecule has 0 radical (unpaired) electrons. The quantitative estimate of drug-likeness (QED) is 0.805. The zero-order valence-electron chi connectivity index (χ0n) is 12.8. The summed E-state index contributed by atoms with van der Waals surface area (Å²) in [5.41, 5.74) is 0.584. The molecule has 1 amide bonds. The van der Waals surface area contributed by atoms with Gasteiger partial charge in [0.1, 0.15) is 0 Å². The van der Waals surface area contributed by atoms with E-state index in [2.05, 4.69) is 15.6 Å². The minimum Gasteiger partial charge on any atom is -0.349 e. The van der Waals surface area contributed by atoms with Crippen molar-refractivity contribution in [1.29, 1.82) is 0 Å². The van der Waals surface area contributed by atoms with Gasteiger partial charge in [0.2, 0.25) is 15.0 Å². The highest BCUT2D eigenvalue weighted by Crippen LogP contribution is 2.16. The van der Waals surface area contributed by atoms with Crippen LogP contribution in [0, 0.1) is 0 Å². The molecule has 0 saturated carbocycles. The number of nitrogens with one attached hydrogen (secondary N) is 2. The Kier molecular flexibility index (Phi) is 4.82. The number of imidazole rings is 1. The summed E-state index contributed by atoms with van der Waals surface area (Å²) in [4.78, 5) is 16.3. The van der Waals surface area contributed by atoms with Crippen molar-refractivity contribution < 1.29 is 13.2 Å². The third kappa shape index (κ3) is 3.45. The standard InChI is InChI=1S/C14H20N4O3S/c1-4-15-10(2)9-16-13(19)12-11-7-5-6-8-18(11)14(17-12)22(3,20)21/h5-8,10,15H,4,9H2,1-3H3,(H,16,19)/t10-/m1/s1. The second kappa shape index (κ2) is 6.45. The first kappa shape index (κ1) is 16.4. The zero-order valence-corrected chi connectivity index (χ0v) is 13.6. The SMILES string of the molecule is CCN[C@H](C)CNC(=O)c1nc(S(C)(=O)=O)n2ccccc12. The van der Waals surface area contributed by atoms with Gasteiger partial charge in [-0.1, -0.05) is 13.0 Å². The van der Waals surface area contributed by atoms with E-state index in [1.807, 2.05) is 13.8 Å². The Morgan fingerprint density at radius 1 is 1.41 bits per heavy atom. The molecule has 8 heteroatoms. The average Bonchev–Trinajstić information content (AvgIpc) is 2.85. The van der Waals surface area contributed by atoms with Gasteiger partial charge in [0.05, 0.1) is 5.52 Å². The van der Waals surface area contributed by atoms with Crippen LogP contribution < -0.4 is 10.6 Å². The molecule has 0 fully saturated rings. The van der Waals surface area contributed by atoms with E-state index >= 15 is 0 Å². The summed E-state index contributed by atoms with van der Waals surface area (Å²) in [5.74, 6) is -0.386. The highest BCUT2D eigenvalue weighted by atomic mass is 32.2. The number of hydrogen-bond donors (Lipinski definition) is 2. The highest BCUT2D eigenvalue weighted by molar-refractivity contribution is 7.90. The molecule has 2 aromatic rings. The Labute approximate surface area is 129 Å². The number of fused-ring (bicyclic) bond motifs is 1. The highest BCUT2D eigenvalue weighted by Gasteiger charge is 2.22. The van der Waals surface area contributed by atoms with Gasteiger partial charge in [-0.05, 0) is 25.6 Å². The molecule has 2 aromatic heterocycles. The molecule has 120 valence electrons. The van der Waals surface area contributed by atoms with Crippen LogP contribution in [0.3, 0.4) is 0 Å². The normalized spacial score (nSPS) is 13.2. The molecule has 0 aromatic carbocycles. The van der Waals surface area contributed by atoms with Crippen LogP contribution in [0.5, 0.6) is 0 Å². The Balaban J connectivity index is 2.34. The maximum Gasteiger partial charge on any atom is 0.272 e. The lowest BCUT2D eigenvalue weighted by molar-refractivity contribution is 0.0947. The number of aromatic nitrogens is 2. The van der Waals surface area contributed by atoms with Crippen LogP contribution >= 0.6 is 0 Å². The van der Waals surface area contributed by atoms with Crippen LogP contribution in [0.1, 0.15) is 24.3 Å². The third-order valence-corrected chi connectivity index (χ3v) is 4.14. The molecule has 0 aliphatic carbocycles. The molecule has 0 spiro atoms. The largest absolute Gasteiger partial charge is 0.349 e.